The molecule has 0 radical (unpaired) electrons. The first-order chi connectivity index (χ1) is 9.70. The van der Waals surface area contributed by atoms with Crippen molar-refractivity contribution in [3.05, 3.63) is 59.1 Å². The molecule has 8 heteroatoms. The van der Waals surface area contributed by atoms with Gasteiger partial charge in [-0.15, -0.1) is 0 Å². The Balaban J connectivity index is 2.40. The van der Waals surface area contributed by atoms with Gasteiger partial charge in [0.25, 0.3) is 0 Å². The van der Waals surface area contributed by atoms with Crippen LogP contribution in [0.15, 0.2) is 53.4 Å². The highest BCUT2D eigenvalue weighted by molar-refractivity contribution is 7.87. The van der Waals surface area contributed by atoms with Crippen molar-refractivity contribution in [3.63, 3.8) is 0 Å². The second kappa shape index (κ2) is 5.57. The number of halogens is 4. The number of hydrogen-bond acceptors (Lipinski definition) is 3. The number of hydrogen-bond donors (Lipinski definition) is 0. The van der Waals surface area contributed by atoms with Crippen LogP contribution in [-0.4, -0.2) is 8.42 Å². The van der Waals surface area contributed by atoms with Crippen molar-refractivity contribution in [3.8, 4) is 5.75 Å². The van der Waals surface area contributed by atoms with Crippen LogP contribution in [-0.2, 0) is 16.3 Å². The first-order valence-electron chi connectivity index (χ1n) is 5.56. The second-order valence-corrected chi connectivity index (χ2v) is 5.97. The van der Waals surface area contributed by atoms with Gasteiger partial charge in [0.05, 0.1) is 5.56 Å². The Morgan fingerprint density at radius 2 is 1.52 bits per heavy atom. The average molecular weight is 337 g/mol. The minimum Gasteiger partial charge on any atom is -0.378 e. The van der Waals surface area contributed by atoms with E-state index in [0.29, 0.717) is 5.02 Å². The van der Waals surface area contributed by atoms with E-state index in [0.717, 1.165) is 30.3 Å². The first-order valence-corrected chi connectivity index (χ1v) is 7.35. The van der Waals surface area contributed by atoms with Crippen LogP contribution in [0.2, 0.25) is 5.02 Å². The maximum atomic E-state index is 12.8. The molecule has 0 amide bonds. The summed E-state index contributed by atoms with van der Waals surface area (Å²) in [5.74, 6) is -0.778. The lowest BCUT2D eigenvalue weighted by Gasteiger charge is -2.13. The maximum absolute atomic E-state index is 12.8. The van der Waals surface area contributed by atoms with Gasteiger partial charge in [0, 0.05) is 5.02 Å². The molecule has 0 aliphatic heterocycles. The monoisotopic (exact) mass is 336 g/mol. The fraction of sp³-hybridized carbons (Fsp3) is 0.0769. The van der Waals surface area contributed by atoms with Crippen LogP contribution in [0.5, 0.6) is 5.75 Å². The standard InChI is InChI=1S/C13H8ClF3O3S/c14-9-5-7-10(8-6-9)21(18,19)20-12-4-2-1-3-11(12)13(15,16)17/h1-8H. The Bertz CT molecular complexity index is 740. The molecule has 0 spiro atoms. The van der Waals surface area contributed by atoms with Crippen LogP contribution in [0.25, 0.3) is 0 Å². The highest BCUT2D eigenvalue weighted by Gasteiger charge is 2.35. The van der Waals surface area contributed by atoms with E-state index in [4.69, 9.17) is 11.6 Å². The topological polar surface area (TPSA) is 43.4 Å². The molecule has 21 heavy (non-hydrogen) atoms. The Kier molecular flexibility index (Phi) is 4.15. The zero-order valence-electron chi connectivity index (χ0n) is 10.3. The molecule has 0 aromatic heterocycles. The van der Waals surface area contributed by atoms with Crippen LogP contribution >= 0.6 is 11.6 Å². The van der Waals surface area contributed by atoms with E-state index in [-0.39, 0.29) is 4.90 Å². The van der Waals surface area contributed by atoms with Crippen LogP contribution in [0.1, 0.15) is 5.56 Å². The van der Waals surface area contributed by atoms with Crippen molar-refractivity contribution in [2.75, 3.05) is 0 Å². The highest BCUT2D eigenvalue weighted by Crippen LogP contribution is 2.37. The summed E-state index contributed by atoms with van der Waals surface area (Å²) < 4.78 is 66.9. The Hall–Kier alpha value is -1.73. The van der Waals surface area contributed by atoms with Gasteiger partial charge in [-0.3, -0.25) is 0 Å². The SMILES string of the molecule is O=S(=O)(Oc1ccccc1C(F)(F)F)c1ccc(Cl)cc1. The normalized spacial score (nSPS) is 12.2. The largest absolute Gasteiger partial charge is 0.420 e. The lowest BCUT2D eigenvalue weighted by molar-refractivity contribution is -0.138. The van der Waals surface area contributed by atoms with Crippen LogP contribution in [0.3, 0.4) is 0 Å². The van der Waals surface area contributed by atoms with Gasteiger partial charge in [-0.2, -0.15) is 21.6 Å². The maximum Gasteiger partial charge on any atom is 0.420 e. The number of para-hydroxylation sites is 1. The van der Waals surface area contributed by atoms with Gasteiger partial charge in [-0.05, 0) is 36.4 Å². The van der Waals surface area contributed by atoms with Gasteiger partial charge in [0.2, 0.25) is 0 Å². The smallest absolute Gasteiger partial charge is 0.378 e. The lowest BCUT2D eigenvalue weighted by Crippen LogP contribution is -2.14. The molecule has 0 unspecified atom stereocenters. The molecule has 0 atom stereocenters. The van der Waals surface area contributed by atoms with Crippen molar-refractivity contribution >= 4 is 21.7 Å². The van der Waals surface area contributed by atoms with Crippen molar-refractivity contribution < 1.29 is 25.8 Å². The molecule has 2 aromatic carbocycles. The fourth-order valence-corrected chi connectivity index (χ4v) is 2.61. The zero-order chi connectivity index (χ0) is 15.7. The van der Waals surface area contributed by atoms with Crippen molar-refractivity contribution in [1.82, 2.24) is 0 Å². The molecule has 0 heterocycles. The molecule has 0 saturated carbocycles. The predicted molar refractivity (Wildman–Crippen MR) is 70.7 cm³/mol. The van der Waals surface area contributed by atoms with E-state index in [2.05, 4.69) is 4.18 Å². The van der Waals surface area contributed by atoms with Crippen molar-refractivity contribution in [2.45, 2.75) is 11.1 Å². The zero-order valence-corrected chi connectivity index (χ0v) is 11.8. The third-order valence-corrected chi connectivity index (χ3v) is 3.99. The van der Waals surface area contributed by atoms with E-state index in [1.54, 1.807) is 0 Å². The van der Waals surface area contributed by atoms with Gasteiger partial charge in [-0.25, -0.2) is 0 Å². The Morgan fingerprint density at radius 3 is 2.10 bits per heavy atom. The molecule has 0 N–H and O–H groups in total. The van der Waals surface area contributed by atoms with Gasteiger partial charge < -0.3 is 4.18 Å². The van der Waals surface area contributed by atoms with Gasteiger partial charge >= 0.3 is 16.3 Å². The van der Waals surface area contributed by atoms with Gasteiger partial charge in [0.15, 0.2) is 5.75 Å². The molecular weight excluding hydrogens is 329 g/mol. The molecule has 0 saturated heterocycles. The molecule has 112 valence electrons. The third-order valence-electron chi connectivity index (χ3n) is 2.49. The van der Waals surface area contributed by atoms with E-state index < -0.39 is 27.6 Å². The molecule has 0 fully saturated rings. The lowest BCUT2D eigenvalue weighted by atomic mass is 10.2. The molecule has 2 aromatic rings. The van der Waals surface area contributed by atoms with E-state index in [1.807, 2.05) is 0 Å². The summed E-state index contributed by atoms with van der Waals surface area (Å²) >= 11 is 5.62. The minimum atomic E-state index is -4.72. The van der Waals surface area contributed by atoms with Gasteiger partial charge in [-0.1, -0.05) is 23.7 Å². The summed E-state index contributed by atoms with van der Waals surface area (Å²) in [7, 11) is -4.37. The van der Waals surface area contributed by atoms with Crippen LogP contribution in [0, 0.1) is 0 Å². The summed E-state index contributed by atoms with van der Waals surface area (Å²) in [6.45, 7) is 0. The van der Waals surface area contributed by atoms with E-state index >= 15 is 0 Å². The summed E-state index contributed by atoms with van der Waals surface area (Å²) in [6.07, 6.45) is -4.72. The van der Waals surface area contributed by atoms with Gasteiger partial charge in [0.1, 0.15) is 4.90 Å². The Labute approximate surface area is 124 Å². The van der Waals surface area contributed by atoms with E-state index in [9.17, 15) is 21.6 Å². The molecule has 0 aliphatic rings. The molecule has 3 nitrogen and oxygen atoms in total. The van der Waals surface area contributed by atoms with Crippen molar-refractivity contribution in [1.29, 1.82) is 0 Å². The second-order valence-electron chi connectivity index (χ2n) is 3.99. The highest BCUT2D eigenvalue weighted by atomic mass is 35.5. The molecular formula is C13H8ClF3O3S. The number of alkyl halides is 3. The summed E-state index contributed by atoms with van der Waals surface area (Å²) in [6, 6.07) is 8.97. The predicted octanol–water partition coefficient (Wildman–Crippen LogP) is 4.13. The summed E-state index contributed by atoms with van der Waals surface area (Å²) in [4.78, 5) is -0.288. The quantitative estimate of drug-likeness (QED) is 0.792. The third kappa shape index (κ3) is 3.68. The first kappa shape index (κ1) is 15.7. The number of benzene rings is 2. The minimum absolute atomic E-state index is 0.288. The molecule has 2 rings (SSSR count). The summed E-state index contributed by atoms with van der Waals surface area (Å²) in [5, 5.41) is 0.296. The average Bonchev–Trinajstić information content (AvgIpc) is 2.38. The number of rotatable bonds is 3. The van der Waals surface area contributed by atoms with Crippen LogP contribution < -0.4 is 4.18 Å². The van der Waals surface area contributed by atoms with Crippen LogP contribution in [0.4, 0.5) is 13.2 Å². The molecule has 0 bridgehead atoms. The van der Waals surface area contributed by atoms with Crippen molar-refractivity contribution in [2.24, 2.45) is 0 Å². The Morgan fingerprint density at radius 1 is 0.952 bits per heavy atom. The fourth-order valence-electron chi connectivity index (χ4n) is 1.54. The van der Waals surface area contributed by atoms with E-state index in [1.165, 1.54) is 18.2 Å². The summed E-state index contributed by atoms with van der Waals surface area (Å²) in [5.41, 5.74) is -1.16. The molecule has 0 aliphatic carbocycles.